The first-order chi connectivity index (χ1) is 10.5. The van der Waals surface area contributed by atoms with Gasteiger partial charge in [0.2, 0.25) is 0 Å². The van der Waals surface area contributed by atoms with Crippen molar-refractivity contribution in [1.82, 2.24) is 45.3 Å². The summed E-state index contributed by atoms with van der Waals surface area (Å²) in [5.41, 5.74) is 0. The Balaban J connectivity index is 0.000000140. The lowest BCUT2D eigenvalue weighted by atomic mass is 10.7. The maximum absolute atomic E-state index is 3.67. The third-order valence-electron chi connectivity index (χ3n) is 1.63. The molecule has 0 bridgehead atoms. The van der Waals surface area contributed by atoms with E-state index in [2.05, 4.69) is 45.3 Å². The van der Waals surface area contributed by atoms with Crippen molar-refractivity contribution in [1.29, 1.82) is 0 Å². The van der Waals surface area contributed by atoms with Gasteiger partial charge in [-0.2, -0.15) is 0 Å². The molecule has 0 aliphatic heterocycles. The van der Waals surface area contributed by atoms with Crippen molar-refractivity contribution in [2.24, 2.45) is 0 Å². The summed E-state index contributed by atoms with van der Waals surface area (Å²) in [6.07, 6.45) is 18.4. The van der Waals surface area contributed by atoms with Gasteiger partial charge in [-0.3, -0.25) is 0 Å². The molecule has 4 rings (SSSR count). The van der Waals surface area contributed by atoms with Crippen molar-refractivity contribution < 1.29 is 0 Å². The zero-order chi connectivity index (χ0) is 14.8. The molecule has 0 saturated carbocycles. The number of H-pyrrole nitrogens is 3. The van der Waals surface area contributed by atoms with Gasteiger partial charge < -0.3 is 15.0 Å². The molecule has 9 heteroatoms. The standard InChI is InChI=1S/C3H3N3.3C3H4N2/c1-2-4-6-5-3-1;3*1-2-5-3-4-1/h1-3H;3*1-3H,(H,4,5). The zero-order valence-electron chi connectivity index (χ0n) is 11.1. The number of nitrogens with zero attached hydrogens (tertiary/aromatic N) is 6. The molecule has 4 aromatic rings. The largest absolute Gasteiger partial charge is 0.351 e. The number of rotatable bonds is 0. The second-order valence-electron chi connectivity index (χ2n) is 3.09. The molecule has 9 nitrogen and oxygen atoms in total. The number of imidazole rings is 3. The van der Waals surface area contributed by atoms with Crippen LogP contribution < -0.4 is 0 Å². The topological polar surface area (TPSA) is 125 Å². The molecule has 108 valence electrons. The molecule has 0 radical (unpaired) electrons. The van der Waals surface area contributed by atoms with Crippen LogP contribution in [0.3, 0.4) is 0 Å². The third kappa shape index (κ3) is 11.5. The van der Waals surface area contributed by atoms with Gasteiger partial charge in [0.25, 0.3) is 0 Å². The molecule has 0 amide bonds. The summed E-state index contributed by atoms with van der Waals surface area (Å²) in [7, 11) is 0. The molecule has 0 atom stereocenters. The zero-order valence-corrected chi connectivity index (χ0v) is 11.1. The van der Waals surface area contributed by atoms with E-state index in [0.717, 1.165) is 0 Å². The van der Waals surface area contributed by atoms with Gasteiger partial charge in [-0.1, -0.05) is 0 Å². The van der Waals surface area contributed by atoms with Crippen LogP contribution in [-0.4, -0.2) is 45.3 Å². The van der Waals surface area contributed by atoms with E-state index in [0.29, 0.717) is 0 Å². The molecule has 21 heavy (non-hydrogen) atoms. The number of hydrogen-bond donors (Lipinski definition) is 3. The van der Waals surface area contributed by atoms with Crippen LogP contribution in [0.4, 0.5) is 0 Å². The van der Waals surface area contributed by atoms with E-state index in [1.807, 2.05) is 0 Å². The molecular formula is C12H15N9. The first-order valence-corrected chi connectivity index (χ1v) is 5.86. The van der Waals surface area contributed by atoms with Crippen LogP contribution in [0, 0.1) is 0 Å². The smallest absolute Gasteiger partial charge is 0.0919 e. The van der Waals surface area contributed by atoms with Gasteiger partial charge >= 0.3 is 0 Å². The molecular weight excluding hydrogens is 270 g/mol. The predicted molar refractivity (Wildman–Crippen MR) is 75.6 cm³/mol. The van der Waals surface area contributed by atoms with Gasteiger partial charge in [0.15, 0.2) is 0 Å². The summed E-state index contributed by atoms with van der Waals surface area (Å²) in [6, 6.07) is 1.72. The van der Waals surface area contributed by atoms with Crippen LogP contribution in [0.1, 0.15) is 0 Å². The second-order valence-corrected chi connectivity index (χ2v) is 3.09. The lowest BCUT2D eigenvalue weighted by molar-refractivity contribution is 0.865. The van der Waals surface area contributed by atoms with Gasteiger partial charge in [0.1, 0.15) is 0 Å². The summed E-state index contributed by atoms with van der Waals surface area (Å²) < 4.78 is 0. The van der Waals surface area contributed by atoms with Gasteiger partial charge in [-0.15, -0.1) is 10.2 Å². The van der Waals surface area contributed by atoms with Gasteiger partial charge in [-0.05, 0) is 11.3 Å². The average molecular weight is 285 g/mol. The molecule has 0 aliphatic rings. The van der Waals surface area contributed by atoms with Crippen LogP contribution in [0.2, 0.25) is 0 Å². The monoisotopic (exact) mass is 285 g/mol. The lowest BCUT2D eigenvalue weighted by Crippen LogP contribution is -1.78. The molecule has 4 heterocycles. The minimum Gasteiger partial charge on any atom is -0.351 e. The number of hydrogen-bond acceptors (Lipinski definition) is 6. The van der Waals surface area contributed by atoms with E-state index in [9.17, 15) is 0 Å². The van der Waals surface area contributed by atoms with E-state index in [4.69, 9.17) is 0 Å². The van der Waals surface area contributed by atoms with Crippen molar-refractivity contribution in [2.45, 2.75) is 0 Å². The Morgan fingerprint density at radius 3 is 1.05 bits per heavy atom. The summed E-state index contributed by atoms with van der Waals surface area (Å²) in [5.74, 6) is 0. The van der Waals surface area contributed by atoms with Crippen LogP contribution in [-0.2, 0) is 0 Å². The number of aromatic amines is 3. The first-order valence-electron chi connectivity index (χ1n) is 5.86. The quantitative estimate of drug-likeness (QED) is 0.444. The van der Waals surface area contributed by atoms with Crippen molar-refractivity contribution >= 4 is 0 Å². The van der Waals surface area contributed by atoms with Crippen molar-refractivity contribution in [2.75, 3.05) is 0 Å². The Labute approximate surface area is 121 Å². The van der Waals surface area contributed by atoms with Gasteiger partial charge in [0.05, 0.1) is 31.4 Å². The molecule has 0 spiro atoms. The maximum atomic E-state index is 3.67. The van der Waals surface area contributed by atoms with Crippen molar-refractivity contribution in [3.63, 3.8) is 0 Å². The van der Waals surface area contributed by atoms with Crippen molar-refractivity contribution in [3.8, 4) is 0 Å². The van der Waals surface area contributed by atoms with Gasteiger partial charge in [0, 0.05) is 37.2 Å². The molecule has 0 fully saturated rings. The Bertz CT molecular complexity index is 420. The minimum absolute atomic E-state index is 1.58. The molecule has 0 aliphatic carbocycles. The predicted octanol–water partition coefficient (Wildman–Crippen LogP) is 1.10. The fraction of sp³-hybridized carbons (Fsp3) is 0. The number of aromatic nitrogens is 9. The highest BCUT2D eigenvalue weighted by molar-refractivity contribution is 4.69. The summed E-state index contributed by atoms with van der Waals surface area (Å²) in [5, 5.41) is 10.1. The van der Waals surface area contributed by atoms with Crippen LogP contribution in [0.15, 0.2) is 74.6 Å². The minimum atomic E-state index is 1.58. The fourth-order valence-corrected chi connectivity index (χ4v) is 0.850. The third-order valence-corrected chi connectivity index (χ3v) is 1.63. The Hall–Kier alpha value is -3.36. The molecule has 4 aromatic heterocycles. The van der Waals surface area contributed by atoms with Crippen molar-refractivity contribution in [3.05, 3.63) is 74.6 Å². The highest BCUT2D eigenvalue weighted by atomic mass is 15.3. The molecule has 0 saturated heterocycles. The highest BCUT2D eigenvalue weighted by Gasteiger charge is 1.60. The summed E-state index contributed by atoms with van der Waals surface area (Å²) >= 11 is 0. The van der Waals surface area contributed by atoms with E-state index in [1.165, 1.54) is 0 Å². The molecule has 0 aromatic carbocycles. The second kappa shape index (κ2) is 13.1. The molecule has 3 N–H and O–H groups in total. The van der Waals surface area contributed by atoms with E-state index in [-0.39, 0.29) is 0 Å². The fourth-order valence-electron chi connectivity index (χ4n) is 0.850. The molecule has 0 unspecified atom stereocenters. The normalized spacial score (nSPS) is 8.00. The highest BCUT2D eigenvalue weighted by Crippen LogP contribution is 1.64. The summed E-state index contributed by atoms with van der Waals surface area (Å²) in [4.78, 5) is 19.2. The van der Waals surface area contributed by atoms with E-state index in [1.54, 1.807) is 74.6 Å². The Morgan fingerprint density at radius 2 is 0.952 bits per heavy atom. The SMILES string of the molecule is c1c[nH]cn1.c1c[nH]cn1.c1c[nH]cn1.c1cnnnc1. The van der Waals surface area contributed by atoms with Crippen LogP contribution in [0.5, 0.6) is 0 Å². The average Bonchev–Trinajstić information content (AvgIpc) is 3.38. The summed E-state index contributed by atoms with van der Waals surface area (Å²) in [6.45, 7) is 0. The Morgan fingerprint density at radius 1 is 0.524 bits per heavy atom. The van der Waals surface area contributed by atoms with E-state index < -0.39 is 0 Å². The van der Waals surface area contributed by atoms with E-state index >= 15 is 0 Å². The van der Waals surface area contributed by atoms with Crippen LogP contribution >= 0.6 is 0 Å². The first kappa shape index (κ1) is 15.7. The Kier molecular flexibility index (Phi) is 9.78. The van der Waals surface area contributed by atoms with Crippen LogP contribution in [0.25, 0.3) is 0 Å². The lowest BCUT2D eigenvalue weighted by Gasteiger charge is -1.68. The van der Waals surface area contributed by atoms with Gasteiger partial charge in [-0.25, -0.2) is 15.0 Å². The number of nitrogens with one attached hydrogen (secondary N) is 3. The maximum Gasteiger partial charge on any atom is 0.0919 e.